The molecule has 1 aliphatic rings. The van der Waals surface area contributed by atoms with E-state index in [1.54, 1.807) is 26.2 Å². The number of nitrogens with one attached hydrogen (secondary N) is 2. The van der Waals surface area contributed by atoms with Gasteiger partial charge < -0.3 is 20.1 Å². The van der Waals surface area contributed by atoms with Crippen LogP contribution in [0.4, 0.5) is 4.79 Å². The Labute approximate surface area is 164 Å². The molecule has 0 fully saturated rings. The summed E-state index contributed by atoms with van der Waals surface area (Å²) >= 11 is 0. The first-order chi connectivity index (χ1) is 13.5. The first-order valence-electron chi connectivity index (χ1n) is 9.13. The minimum absolute atomic E-state index is 0.0999. The molecule has 0 bridgehead atoms. The number of methoxy groups -OCH3 is 1. The number of Topliss-reactive ketones (excluding diaryl/α,β-unsaturated/α-hetero) is 1. The van der Waals surface area contributed by atoms with Crippen LogP contribution < -0.4 is 20.1 Å². The number of carbonyl (C=O) groups is 2. The Balaban J connectivity index is 1.79. The van der Waals surface area contributed by atoms with E-state index in [0.717, 1.165) is 12.0 Å². The van der Waals surface area contributed by atoms with Crippen molar-refractivity contribution in [3.05, 3.63) is 70.9 Å². The van der Waals surface area contributed by atoms with E-state index in [9.17, 15) is 9.59 Å². The highest BCUT2D eigenvalue weighted by Gasteiger charge is 2.29. The van der Waals surface area contributed by atoms with Crippen LogP contribution in [0.15, 0.2) is 59.8 Å². The topological polar surface area (TPSA) is 76.7 Å². The average Bonchev–Trinajstić information content (AvgIpc) is 2.68. The van der Waals surface area contributed by atoms with Gasteiger partial charge in [0.1, 0.15) is 0 Å². The van der Waals surface area contributed by atoms with Gasteiger partial charge in [-0.1, -0.05) is 36.4 Å². The molecule has 6 heteroatoms. The molecule has 0 saturated heterocycles. The summed E-state index contributed by atoms with van der Waals surface area (Å²) in [5.41, 5.74) is 3.04. The largest absolute Gasteiger partial charge is 0.493 e. The van der Waals surface area contributed by atoms with E-state index in [-0.39, 0.29) is 11.8 Å². The zero-order chi connectivity index (χ0) is 20.1. The van der Waals surface area contributed by atoms with Crippen LogP contribution in [0.5, 0.6) is 11.5 Å². The van der Waals surface area contributed by atoms with Crippen molar-refractivity contribution in [2.75, 3.05) is 13.7 Å². The Morgan fingerprint density at radius 1 is 1.11 bits per heavy atom. The molecule has 146 valence electrons. The van der Waals surface area contributed by atoms with Gasteiger partial charge in [0.05, 0.1) is 19.8 Å². The Bertz CT molecular complexity index is 906. The van der Waals surface area contributed by atoms with Gasteiger partial charge >= 0.3 is 6.03 Å². The molecule has 2 amide bonds. The third-order valence-corrected chi connectivity index (χ3v) is 4.66. The number of hydrogen-bond donors (Lipinski definition) is 2. The van der Waals surface area contributed by atoms with Crippen LogP contribution in [0.25, 0.3) is 0 Å². The maximum atomic E-state index is 12.1. The van der Waals surface area contributed by atoms with Crippen LogP contribution in [-0.4, -0.2) is 25.5 Å². The lowest BCUT2D eigenvalue weighted by Crippen LogP contribution is -2.44. The van der Waals surface area contributed by atoms with Gasteiger partial charge in [0.15, 0.2) is 17.3 Å². The van der Waals surface area contributed by atoms with Gasteiger partial charge in [-0.25, -0.2) is 4.79 Å². The lowest BCUT2D eigenvalue weighted by atomic mass is 9.93. The number of rotatable bonds is 7. The van der Waals surface area contributed by atoms with E-state index in [4.69, 9.17) is 9.47 Å². The predicted octanol–water partition coefficient (Wildman–Crippen LogP) is 3.53. The summed E-state index contributed by atoms with van der Waals surface area (Å²) < 4.78 is 11.4. The minimum Gasteiger partial charge on any atom is -0.493 e. The average molecular weight is 380 g/mol. The molecular weight excluding hydrogens is 356 g/mol. The summed E-state index contributed by atoms with van der Waals surface area (Å²) in [5, 5.41) is 5.45. The Morgan fingerprint density at radius 2 is 1.86 bits per heavy atom. The highest BCUT2D eigenvalue weighted by atomic mass is 16.5. The fraction of sp³-hybridized carbons (Fsp3) is 0.273. The number of hydrogen-bond acceptors (Lipinski definition) is 4. The molecule has 0 aromatic heterocycles. The fourth-order valence-corrected chi connectivity index (χ4v) is 3.32. The van der Waals surface area contributed by atoms with Gasteiger partial charge in [0.25, 0.3) is 0 Å². The zero-order valence-electron chi connectivity index (χ0n) is 16.2. The molecule has 2 N–H and O–H groups in total. The SMILES string of the molecule is COc1cc(C2NC(=O)NC(C)=C2C(C)=O)ccc1OCCc1ccccc1. The van der Waals surface area contributed by atoms with E-state index < -0.39 is 6.04 Å². The molecule has 2 aromatic rings. The van der Waals surface area contributed by atoms with Gasteiger partial charge in [0.2, 0.25) is 0 Å². The van der Waals surface area contributed by atoms with Crippen molar-refractivity contribution in [2.24, 2.45) is 0 Å². The normalized spacial score (nSPS) is 16.2. The number of ketones is 1. The molecule has 0 radical (unpaired) electrons. The highest BCUT2D eigenvalue weighted by molar-refractivity contribution is 5.98. The molecule has 1 heterocycles. The molecule has 1 atom stereocenters. The van der Waals surface area contributed by atoms with Crippen LogP contribution in [0, 0.1) is 0 Å². The van der Waals surface area contributed by atoms with Crippen LogP contribution in [0.1, 0.15) is 31.0 Å². The smallest absolute Gasteiger partial charge is 0.319 e. The molecule has 2 aromatic carbocycles. The van der Waals surface area contributed by atoms with Crippen molar-refractivity contribution in [2.45, 2.75) is 26.3 Å². The van der Waals surface area contributed by atoms with Crippen molar-refractivity contribution < 1.29 is 19.1 Å². The molecule has 28 heavy (non-hydrogen) atoms. The first kappa shape index (κ1) is 19.5. The molecule has 3 rings (SSSR count). The molecular formula is C22H24N2O4. The number of ether oxygens (including phenoxy) is 2. The molecule has 1 unspecified atom stereocenters. The Hall–Kier alpha value is -3.28. The number of benzene rings is 2. The lowest BCUT2D eigenvalue weighted by Gasteiger charge is -2.28. The van der Waals surface area contributed by atoms with Crippen molar-refractivity contribution >= 4 is 11.8 Å². The molecule has 0 aliphatic carbocycles. The first-order valence-corrected chi connectivity index (χ1v) is 9.13. The van der Waals surface area contributed by atoms with Crippen molar-refractivity contribution in [1.29, 1.82) is 0 Å². The highest BCUT2D eigenvalue weighted by Crippen LogP contribution is 2.34. The summed E-state index contributed by atoms with van der Waals surface area (Å²) in [6, 6.07) is 14.7. The standard InChI is InChI=1S/C22H24N2O4/c1-14-20(15(2)25)21(24-22(26)23-14)17-9-10-18(19(13-17)27-3)28-12-11-16-7-5-4-6-8-16/h4-10,13,21H,11-12H2,1-3H3,(H2,23,24,26). The van der Waals surface area contributed by atoms with Crippen LogP contribution in [0.2, 0.25) is 0 Å². The summed E-state index contributed by atoms with van der Waals surface area (Å²) in [4.78, 5) is 24.0. The zero-order valence-corrected chi connectivity index (χ0v) is 16.2. The molecule has 0 saturated carbocycles. The predicted molar refractivity (Wildman–Crippen MR) is 106 cm³/mol. The quantitative estimate of drug-likeness (QED) is 0.770. The van der Waals surface area contributed by atoms with E-state index in [2.05, 4.69) is 22.8 Å². The summed E-state index contributed by atoms with van der Waals surface area (Å²) in [6.07, 6.45) is 0.784. The van der Waals surface area contributed by atoms with E-state index >= 15 is 0 Å². The van der Waals surface area contributed by atoms with Crippen LogP contribution in [-0.2, 0) is 11.2 Å². The third-order valence-electron chi connectivity index (χ3n) is 4.66. The fourth-order valence-electron chi connectivity index (χ4n) is 3.32. The molecule has 6 nitrogen and oxygen atoms in total. The van der Waals surface area contributed by atoms with E-state index in [1.165, 1.54) is 12.5 Å². The Morgan fingerprint density at radius 3 is 2.54 bits per heavy atom. The van der Waals surface area contributed by atoms with Crippen LogP contribution in [0.3, 0.4) is 0 Å². The second-order valence-electron chi connectivity index (χ2n) is 6.62. The van der Waals surface area contributed by atoms with Gasteiger partial charge in [-0.2, -0.15) is 0 Å². The van der Waals surface area contributed by atoms with Crippen molar-refractivity contribution in [3.8, 4) is 11.5 Å². The van der Waals surface area contributed by atoms with Gasteiger partial charge in [-0.3, -0.25) is 4.79 Å². The number of allylic oxidation sites excluding steroid dienone is 1. The second kappa shape index (κ2) is 8.61. The monoisotopic (exact) mass is 380 g/mol. The maximum Gasteiger partial charge on any atom is 0.319 e. The van der Waals surface area contributed by atoms with Crippen molar-refractivity contribution in [1.82, 2.24) is 10.6 Å². The third kappa shape index (κ3) is 4.34. The van der Waals surface area contributed by atoms with Gasteiger partial charge in [-0.15, -0.1) is 0 Å². The lowest BCUT2D eigenvalue weighted by molar-refractivity contribution is -0.114. The maximum absolute atomic E-state index is 12.1. The molecule has 0 spiro atoms. The van der Waals surface area contributed by atoms with Gasteiger partial charge in [0, 0.05) is 17.7 Å². The van der Waals surface area contributed by atoms with E-state index in [0.29, 0.717) is 29.4 Å². The van der Waals surface area contributed by atoms with Crippen LogP contribution >= 0.6 is 0 Å². The Kier molecular flexibility index (Phi) is 5.99. The summed E-state index contributed by atoms with van der Waals surface area (Å²) in [7, 11) is 1.57. The summed E-state index contributed by atoms with van der Waals surface area (Å²) in [6.45, 7) is 3.73. The number of urea groups is 1. The summed E-state index contributed by atoms with van der Waals surface area (Å²) in [5.74, 6) is 1.07. The second-order valence-corrected chi connectivity index (χ2v) is 6.62. The minimum atomic E-state index is -0.529. The molecule has 1 aliphatic heterocycles. The van der Waals surface area contributed by atoms with Crippen molar-refractivity contribution in [3.63, 3.8) is 0 Å². The number of amides is 2. The van der Waals surface area contributed by atoms with Gasteiger partial charge in [-0.05, 0) is 37.1 Å². The van der Waals surface area contributed by atoms with E-state index in [1.807, 2.05) is 24.3 Å². The number of carbonyl (C=O) groups excluding carboxylic acids is 2.